The van der Waals surface area contributed by atoms with Gasteiger partial charge < -0.3 is 4.90 Å². The van der Waals surface area contributed by atoms with Gasteiger partial charge in [-0.15, -0.1) is 0 Å². The number of fused-ring (bicyclic) bond motifs is 1. The fourth-order valence-corrected chi connectivity index (χ4v) is 3.66. The summed E-state index contributed by atoms with van der Waals surface area (Å²) in [7, 11) is 0. The van der Waals surface area contributed by atoms with Crippen molar-refractivity contribution >= 4 is 24.0 Å². The van der Waals surface area contributed by atoms with Gasteiger partial charge in [0.1, 0.15) is 11.9 Å². The number of hydrogen-bond donors (Lipinski definition) is 1. The van der Waals surface area contributed by atoms with Crippen molar-refractivity contribution in [2.75, 3.05) is 24.7 Å². The number of aliphatic imine (C=N–C) groups is 2. The third kappa shape index (κ3) is 5.76. The Hall–Kier alpha value is -4.14. The lowest BCUT2D eigenvalue weighted by Gasteiger charge is -2.19. The molecule has 0 radical (unpaired) electrons. The Morgan fingerprint density at radius 2 is 2.12 bits per heavy atom. The highest BCUT2D eigenvalue weighted by atomic mass is 19.1. The highest BCUT2D eigenvalue weighted by Gasteiger charge is 2.29. The predicted molar refractivity (Wildman–Crippen MR) is 126 cm³/mol. The average Bonchev–Trinajstić information content (AvgIpc) is 3.26. The Morgan fingerprint density at radius 1 is 1.30 bits per heavy atom. The van der Waals surface area contributed by atoms with Gasteiger partial charge in [-0.05, 0) is 48.5 Å². The molecule has 1 amide bonds. The van der Waals surface area contributed by atoms with Crippen LogP contribution in [0.3, 0.4) is 0 Å². The molecule has 3 rings (SSSR count). The molecular weight excluding hydrogens is 419 g/mol. The first-order chi connectivity index (χ1) is 16.1. The number of carbonyl (C=O) groups excluding carboxylic acids is 1. The van der Waals surface area contributed by atoms with Gasteiger partial charge in [0.15, 0.2) is 0 Å². The summed E-state index contributed by atoms with van der Waals surface area (Å²) >= 11 is 0. The van der Waals surface area contributed by atoms with Crippen molar-refractivity contribution in [1.29, 1.82) is 10.5 Å². The molecule has 1 aliphatic rings. The molecule has 0 unspecified atom stereocenters. The topological polar surface area (TPSA) is 105 Å². The molecule has 0 saturated heterocycles. The zero-order chi connectivity index (χ0) is 23.6. The molecule has 166 valence electrons. The van der Waals surface area contributed by atoms with Crippen LogP contribution in [0.5, 0.6) is 0 Å². The molecule has 0 spiro atoms. The fraction of sp³-hybridized carbons (Fsp3) is 0.240. The van der Waals surface area contributed by atoms with E-state index in [1.165, 1.54) is 12.3 Å². The number of allylic oxidation sites excluding steroid dienone is 1. The average molecular weight is 442 g/mol. The summed E-state index contributed by atoms with van der Waals surface area (Å²) in [6, 6.07) is 14.0. The molecule has 0 saturated carbocycles. The number of nitrogens with zero attached hydrogens (tertiary/aromatic N) is 5. The van der Waals surface area contributed by atoms with E-state index in [1.807, 2.05) is 6.07 Å². The summed E-state index contributed by atoms with van der Waals surface area (Å²) in [5.74, 6) is -0.678. The maximum Gasteiger partial charge on any atom is 0.231 e. The second kappa shape index (κ2) is 11.5. The Morgan fingerprint density at radius 3 is 2.85 bits per heavy atom. The summed E-state index contributed by atoms with van der Waals surface area (Å²) < 4.78 is 14.0. The van der Waals surface area contributed by atoms with Crippen molar-refractivity contribution in [3.63, 3.8) is 0 Å². The van der Waals surface area contributed by atoms with Crippen molar-refractivity contribution in [2.45, 2.75) is 19.3 Å². The number of rotatable bonds is 9. The lowest BCUT2D eigenvalue weighted by Crippen LogP contribution is -2.31. The van der Waals surface area contributed by atoms with Crippen molar-refractivity contribution in [2.24, 2.45) is 9.98 Å². The van der Waals surface area contributed by atoms with Crippen LogP contribution in [0.15, 0.2) is 58.7 Å². The minimum absolute atomic E-state index is 0.0758. The van der Waals surface area contributed by atoms with Gasteiger partial charge in [0.05, 0.1) is 36.1 Å². The third-order valence-corrected chi connectivity index (χ3v) is 5.19. The Labute approximate surface area is 192 Å². The number of nitrogens with one attached hydrogen (secondary N) is 1. The molecule has 1 heterocycles. The smallest absolute Gasteiger partial charge is 0.231 e. The van der Waals surface area contributed by atoms with Crippen LogP contribution >= 0.6 is 0 Å². The maximum atomic E-state index is 14.0. The normalized spacial score (nSPS) is 12.9. The minimum atomic E-state index is -0.423. The summed E-state index contributed by atoms with van der Waals surface area (Å²) in [5.41, 5.74) is 3.42. The SMILES string of the molecule is C=N/C=C\C(=NCNCCC#N)c1cc(C#N)c2c(c1)CCN2C(=O)Cc1ccccc1F. The molecular formula is C25H23FN6O. The summed E-state index contributed by atoms with van der Waals surface area (Å²) in [6.07, 6.45) is 4.09. The lowest BCUT2D eigenvalue weighted by atomic mass is 10.00. The van der Waals surface area contributed by atoms with Crippen LogP contribution in [0.2, 0.25) is 0 Å². The minimum Gasteiger partial charge on any atom is -0.310 e. The van der Waals surface area contributed by atoms with Gasteiger partial charge in [0.2, 0.25) is 5.91 Å². The number of amides is 1. The van der Waals surface area contributed by atoms with Gasteiger partial charge in [0.25, 0.3) is 0 Å². The van der Waals surface area contributed by atoms with Crippen LogP contribution in [0.4, 0.5) is 10.1 Å². The van der Waals surface area contributed by atoms with Crippen LogP contribution in [0.25, 0.3) is 0 Å². The molecule has 2 aromatic carbocycles. The monoisotopic (exact) mass is 442 g/mol. The molecule has 0 atom stereocenters. The first-order valence-corrected chi connectivity index (χ1v) is 10.4. The summed E-state index contributed by atoms with van der Waals surface area (Å²) in [6.45, 7) is 4.68. The lowest BCUT2D eigenvalue weighted by molar-refractivity contribution is -0.117. The number of anilines is 1. The van der Waals surface area contributed by atoms with Crippen LogP contribution in [0, 0.1) is 28.5 Å². The van der Waals surface area contributed by atoms with Gasteiger partial charge in [-0.2, -0.15) is 10.5 Å². The van der Waals surface area contributed by atoms with Gasteiger partial charge in [0, 0.05) is 31.3 Å². The van der Waals surface area contributed by atoms with Crippen LogP contribution < -0.4 is 10.2 Å². The zero-order valence-corrected chi connectivity index (χ0v) is 18.1. The predicted octanol–water partition coefficient (Wildman–Crippen LogP) is 3.29. The number of halogens is 1. The van der Waals surface area contributed by atoms with Crippen molar-refractivity contribution in [3.05, 3.63) is 76.7 Å². The van der Waals surface area contributed by atoms with Crippen LogP contribution in [-0.2, 0) is 17.6 Å². The van der Waals surface area contributed by atoms with E-state index in [9.17, 15) is 14.4 Å². The van der Waals surface area contributed by atoms with Gasteiger partial charge in [-0.25, -0.2) is 4.39 Å². The van der Waals surface area contributed by atoms with Gasteiger partial charge >= 0.3 is 0 Å². The highest BCUT2D eigenvalue weighted by molar-refractivity contribution is 6.10. The first-order valence-electron chi connectivity index (χ1n) is 10.4. The van der Waals surface area contributed by atoms with E-state index >= 15 is 0 Å². The van der Waals surface area contributed by atoms with Crippen molar-refractivity contribution in [3.8, 4) is 12.1 Å². The molecule has 0 bridgehead atoms. The fourth-order valence-electron chi connectivity index (χ4n) is 3.66. The maximum absolute atomic E-state index is 14.0. The second-order valence-corrected chi connectivity index (χ2v) is 7.31. The Balaban J connectivity index is 1.89. The van der Waals surface area contributed by atoms with E-state index < -0.39 is 5.82 Å². The summed E-state index contributed by atoms with van der Waals surface area (Å²) in [4.78, 5) is 22.8. The first kappa shape index (κ1) is 23.5. The van der Waals surface area contributed by atoms with E-state index in [0.29, 0.717) is 55.1 Å². The Bertz CT molecular complexity index is 1190. The molecule has 8 heteroatoms. The molecule has 2 aromatic rings. The number of hydrogen-bond acceptors (Lipinski definition) is 6. The third-order valence-electron chi connectivity index (χ3n) is 5.19. The van der Waals surface area contributed by atoms with Gasteiger partial charge in [-0.3, -0.25) is 20.1 Å². The zero-order valence-electron chi connectivity index (χ0n) is 18.1. The molecule has 7 nitrogen and oxygen atoms in total. The number of nitriles is 2. The Kier molecular flexibility index (Phi) is 8.18. The quantitative estimate of drug-likeness (QED) is 0.475. The largest absolute Gasteiger partial charge is 0.310 e. The molecule has 0 aromatic heterocycles. The summed E-state index contributed by atoms with van der Waals surface area (Å²) in [5, 5.41) is 21.5. The molecule has 1 N–H and O–H groups in total. The molecule has 0 aliphatic carbocycles. The highest BCUT2D eigenvalue weighted by Crippen LogP contribution is 2.34. The van der Waals surface area contributed by atoms with Crippen LogP contribution in [0.1, 0.15) is 28.7 Å². The van der Waals surface area contributed by atoms with Gasteiger partial charge in [-0.1, -0.05) is 18.2 Å². The van der Waals surface area contributed by atoms with E-state index in [2.05, 4.69) is 34.2 Å². The van der Waals surface area contributed by atoms with E-state index in [0.717, 1.165) is 11.1 Å². The molecule has 1 aliphatic heterocycles. The molecule has 0 fully saturated rings. The second-order valence-electron chi connectivity index (χ2n) is 7.31. The molecule has 33 heavy (non-hydrogen) atoms. The number of carbonyl (C=O) groups is 1. The van der Waals surface area contributed by atoms with Crippen molar-refractivity contribution in [1.82, 2.24) is 5.32 Å². The number of benzene rings is 2. The van der Waals surface area contributed by atoms with E-state index in [-0.39, 0.29) is 12.3 Å². The van der Waals surface area contributed by atoms with E-state index in [4.69, 9.17) is 5.26 Å². The van der Waals surface area contributed by atoms with Crippen LogP contribution in [-0.4, -0.2) is 38.1 Å². The standard InChI is InChI=1S/C25H23FN6O/c1-29-11-7-23(31-17-30-10-4-9-27)20-13-19-8-12-32(25(19)21(14-20)16-28)24(33)15-18-5-2-3-6-22(18)26/h2-3,5-7,11,13-14,30H,1,4,8,10,12,15,17H2/b11-7-,31-23?. The van der Waals surface area contributed by atoms with E-state index in [1.54, 1.807) is 35.2 Å². The van der Waals surface area contributed by atoms with Crippen molar-refractivity contribution < 1.29 is 9.18 Å².